The number of piperazine rings is 1. The van der Waals surface area contributed by atoms with Crippen LogP contribution in [0.15, 0.2) is 30.6 Å². The summed E-state index contributed by atoms with van der Waals surface area (Å²) in [5, 5.41) is 4.38. The monoisotopic (exact) mass is 462 g/mol. The first-order valence-electron chi connectivity index (χ1n) is 12.4. The number of aromatic nitrogens is 4. The van der Waals surface area contributed by atoms with Gasteiger partial charge in [-0.2, -0.15) is 4.98 Å². The number of ether oxygens (including phenoxy) is 1. The summed E-state index contributed by atoms with van der Waals surface area (Å²) in [4.78, 5) is 21.3. The summed E-state index contributed by atoms with van der Waals surface area (Å²) in [5.41, 5.74) is 3.35. The van der Waals surface area contributed by atoms with E-state index in [1.807, 2.05) is 18.5 Å². The van der Waals surface area contributed by atoms with Gasteiger partial charge in [0.05, 0.1) is 17.6 Å². The van der Waals surface area contributed by atoms with E-state index in [-0.39, 0.29) is 12.3 Å². The van der Waals surface area contributed by atoms with Gasteiger partial charge in [-0.15, -0.1) is 0 Å². The van der Waals surface area contributed by atoms with E-state index in [0.29, 0.717) is 17.9 Å². The fourth-order valence-corrected chi connectivity index (χ4v) is 5.42. The maximum absolute atomic E-state index is 6.00. The van der Waals surface area contributed by atoms with Crippen molar-refractivity contribution in [2.45, 2.75) is 38.6 Å². The molecule has 6 rings (SSSR count). The summed E-state index contributed by atoms with van der Waals surface area (Å²) in [7, 11) is 4.33. The fraction of sp³-hybridized carbons (Fsp3) is 0.560. The topological polar surface area (TPSA) is 77.9 Å². The lowest BCUT2D eigenvalue weighted by Gasteiger charge is -2.33. The molecular weight excluding hydrogens is 428 g/mol. The maximum Gasteiger partial charge on any atom is 0.230 e. The van der Waals surface area contributed by atoms with Crippen LogP contribution < -0.4 is 10.2 Å². The second kappa shape index (κ2) is 8.48. The Bertz CT molecular complexity index is 1170. The Kier molecular flexibility index (Phi) is 5.43. The third-order valence-electron chi connectivity index (χ3n) is 7.26. The van der Waals surface area contributed by atoms with Crippen LogP contribution in [0.2, 0.25) is 0 Å². The van der Waals surface area contributed by atoms with Gasteiger partial charge >= 0.3 is 0 Å². The quantitative estimate of drug-likeness (QED) is 0.579. The van der Waals surface area contributed by atoms with Gasteiger partial charge in [-0.05, 0) is 44.6 Å². The van der Waals surface area contributed by atoms with E-state index < -0.39 is 0 Å². The van der Waals surface area contributed by atoms with Crippen molar-refractivity contribution in [2.24, 2.45) is 5.92 Å². The van der Waals surface area contributed by atoms with E-state index in [1.54, 1.807) is 0 Å². The molecule has 0 spiro atoms. The molecule has 9 nitrogen and oxygen atoms in total. The lowest BCUT2D eigenvalue weighted by atomic mass is 10.0. The molecule has 2 saturated heterocycles. The van der Waals surface area contributed by atoms with Gasteiger partial charge in [-0.3, -0.25) is 4.90 Å². The SMILES string of the molecule is CC(C)C[C@H]1CN(C)C2OC2c2cc3cnc(Nc4ccc(N5CCN(C)CC5)cn4)nc3n21. The summed E-state index contributed by atoms with van der Waals surface area (Å²) in [6.45, 7) is 9.74. The standard InChI is InChI=1S/C25H34N8O/c1-16(2)11-19-15-31(4)24-22(34-24)20-12-17-13-27-25(29-23(17)33(19)20)28-21-6-5-18(14-26-21)32-9-7-30(3)8-10-32/h5-6,12-14,16,19,22,24H,7-11,15H2,1-4H3,(H,26,27,28,29)/t19-,22?,24?/m0/s1. The molecule has 0 amide bonds. The zero-order valence-electron chi connectivity index (χ0n) is 20.5. The highest BCUT2D eigenvalue weighted by Gasteiger charge is 2.49. The molecule has 3 aliphatic rings. The molecule has 3 atom stereocenters. The summed E-state index contributed by atoms with van der Waals surface area (Å²) in [6, 6.07) is 6.71. The van der Waals surface area contributed by atoms with E-state index in [0.717, 1.165) is 61.7 Å². The van der Waals surface area contributed by atoms with Crippen LogP contribution in [0.4, 0.5) is 17.5 Å². The van der Waals surface area contributed by atoms with Gasteiger partial charge < -0.3 is 24.4 Å². The zero-order valence-corrected chi connectivity index (χ0v) is 20.5. The van der Waals surface area contributed by atoms with Crippen molar-refractivity contribution in [1.82, 2.24) is 29.3 Å². The minimum absolute atomic E-state index is 0.122. The van der Waals surface area contributed by atoms with Gasteiger partial charge in [0.2, 0.25) is 5.95 Å². The third kappa shape index (κ3) is 4.01. The van der Waals surface area contributed by atoms with Crippen molar-refractivity contribution in [3.63, 3.8) is 0 Å². The van der Waals surface area contributed by atoms with Crippen molar-refractivity contribution < 1.29 is 4.74 Å². The second-order valence-corrected chi connectivity index (χ2v) is 10.4. The molecule has 1 N–H and O–H groups in total. The molecule has 0 saturated carbocycles. The average molecular weight is 463 g/mol. The first-order chi connectivity index (χ1) is 16.5. The van der Waals surface area contributed by atoms with Crippen molar-refractivity contribution in [1.29, 1.82) is 0 Å². The lowest BCUT2D eigenvalue weighted by molar-refractivity contribution is 0.172. The molecule has 0 aromatic carbocycles. The molecule has 34 heavy (non-hydrogen) atoms. The highest BCUT2D eigenvalue weighted by atomic mass is 16.6. The number of hydrogen-bond acceptors (Lipinski definition) is 8. The van der Waals surface area contributed by atoms with Gasteiger partial charge in [-0.1, -0.05) is 13.8 Å². The smallest absolute Gasteiger partial charge is 0.230 e. The molecule has 0 radical (unpaired) electrons. The van der Waals surface area contributed by atoms with Crippen LogP contribution in [0, 0.1) is 5.92 Å². The fourth-order valence-electron chi connectivity index (χ4n) is 5.42. The van der Waals surface area contributed by atoms with Gasteiger partial charge in [0.15, 0.2) is 0 Å². The molecule has 9 heteroatoms. The lowest BCUT2D eigenvalue weighted by Crippen LogP contribution is -2.44. The van der Waals surface area contributed by atoms with Gasteiger partial charge in [-0.25, -0.2) is 9.97 Å². The van der Waals surface area contributed by atoms with Gasteiger partial charge in [0.25, 0.3) is 0 Å². The van der Waals surface area contributed by atoms with E-state index in [2.05, 4.69) is 74.6 Å². The largest absolute Gasteiger partial charge is 0.368 e. The molecule has 0 bridgehead atoms. The number of nitrogens with zero attached hydrogens (tertiary/aromatic N) is 7. The van der Waals surface area contributed by atoms with Crippen LogP contribution in [0.25, 0.3) is 11.0 Å². The van der Waals surface area contributed by atoms with Gasteiger partial charge in [0, 0.05) is 50.3 Å². The molecule has 180 valence electrons. The molecule has 6 heterocycles. The van der Waals surface area contributed by atoms with Crippen molar-refractivity contribution in [3.8, 4) is 0 Å². The van der Waals surface area contributed by atoms with Crippen LogP contribution in [-0.4, -0.2) is 82.4 Å². The second-order valence-electron chi connectivity index (χ2n) is 10.4. The third-order valence-corrected chi connectivity index (χ3v) is 7.26. The first-order valence-corrected chi connectivity index (χ1v) is 12.4. The summed E-state index contributed by atoms with van der Waals surface area (Å²) in [6.07, 6.45) is 5.25. The number of epoxide rings is 1. The number of hydrogen-bond donors (Lipinski definition) is 1. The van der Waals surface area contributed by atoms with Crippen LogP contribution in [0.3, 0.4) is 0 Å². The molecular formula is C25H34N8O. The van der Waals surface area contributed by atoms with Crippen LogP contribution in [0.5, 0.6) is 0 Å². The Morgan fingerprint density at radius 3 is 2.65 bits per heavy atom. The van der Waals surface area contributed by atoms with E-state index in [1.165, 1.54) is 5.69 Å². The van der Waals surface area contributed by atoms with Crippen molar-refractivity contribution in [2.75, 3.05) is 57.0 Å². The predicted octanol–water partition coefficient (Wildman–Crippen LogP) is 3.25. The number of rotatable bonds is 5. The number of fused-ring (bicyclic) bond motifs is 5. The molecule has 2 fully saturated rings. The average Bonchev–Trinajstić information content (AvgIpc) is 3.54. The Labute approximate surface area is 200 Å². The Morgan fingerprint density at radius 1 is 1.09 bits per heavy atom. The summed E-state index contributed by atoms with van der Waals surface area (Å²) >= 11 is 0. The number of nitrogens with one attached hydrogen (secondary N) is 1. The van der Waals surface area contributed by atoms with E-state index in [9.17, 15) is 0 Å². The van der Waals surface area contributed by atoms with E-state index in [4.69, 9.17) is 9.72 Å². The van der Waals surface area contributed by atoms with Crippen LogP contribution in [0.1, 0.15) is 38.1 Å². The molecule has 2 unspecified atom stereocenters. The number of pyridine rings is 1. The zero-order chi connectivity index (χ0) is 23.4. The van der Waals surface area contributed by atoms with Gasteiger partial charge in [0.1, 0.15) is 23.8 Å². The minimum Gasteiger partial charge on any atom is -0.368 e. The highest BCUT2D eigenvalue weighted by molar-refractivity contribution is 5.79. The first kappa shape index (κ1) is 21.8. The molecule has 3 aliphatic heterocycles. The molecule has 3 aromatic rings. The Balaban J connectivity index is 1.27. The van der Waals surface area contributed by atoms with Crippen LogP contribution in [-0.2, 0) is 4.74 Å². The summed E-state index contributed by atoms with van der Waals surface area (Å²) in [5.74, 6) is 1.92. The Hall–Kier alpha value is -2.75. The number of likely N-dealkylation sites (N-methyl/N-ethyl adjacent to an activating group) is 2. The maximum atomic E-state index is 6.00. The predicted molar refractivity (Wildman–Crippen MR) is 133 cm³/mol. The number of anilines is 3. The Morgan fingerprint density at radius 2 is 1.91 bits per heavy atom. The van der Waals surface area contributed by atoms with Crippen molar-refractivity contribution in [3.05, 3.63) is 36.3 Å². The minimum atomic E-state index is 0.122. The van der Waals surface area contributed by atoms with E-state index >= 15 is 0 Å². The van der Waals surface area contributed by atoms with Crippen LogP contribution >= 0.6 is 0 Å². The molecule has 3 aromatic heterocycles. The summed E-state index contributed by atoms with van der Waals surface area (Å²) < 4.78 is 8.40. The molecule has 0 aliphatic carbocycles. The highest BCUT2D eigenvalue weighted by Crippen LogP contribution is 2.47. The van der Waals surface area contributed by atoms with Crippen molar-refractivity contribution >= 4 is 28.5 Å². The normalized spacial score (nSPS) is 25.3.